The van der Waals surface area contributed by atoms with Crippen LogP contribution in [0, 0.1) is 11.6 Å². The quantitative estimate of drug-likeness (QED) is 0.652. The molecule has 1 fully saturated rings. The number of carbonyl (C=O) groups is 1. The fourth-order valence-corrected chi connectivity index (χ4v) is 3.97. The van der Waals surface area contributed by atoms with Gasteiger partial charge in [-0.3, -0.25) is 9.78 Å². The maximum absolute atomic E-state index is 14.0. The molecule has 3 heterocycles. The van der Waals surface area contributed by atoms with Crippen LogP contribution in [-0.4, -0.2) is 57.7 Å². The fraction of sp³-hybridized carbons (Fsp3) is 0.409. The summed E-state index contributed by atoms with van der Waals surface area (Å²) in [4.78, 5) is 24.9. The number of hydrogen-bond donors (Lipinski definition) is 1. The summed E-state index contributed by atoms with van der Waals surface area (Å²) < 4.78 is 43.3. The molecule has 1 aromatic carbocycles. The number of anilines is 1. The van der Waals surface area contributed by atoms with Crippen molar-refractivity contribution < 1.29 is 18.0 Å². The SMILES string of the molecule is CC(c1ccncc1)N(C)C(=O)Cn1c(N2CC[C@@H](F)[C@H](N)C2)nc2cc(F)c(F)cc21. The second kappa shape index (κ2) is 8.78. The molecule has 1 aliphatic rings. The Morgan fingerprint density at radius 1 is 1.28 bits per heavy atom. The molecule has 0 radical (unpaired) electrons. The Morgan fingerprint density at radius 2 is 1.97 bits per heavy atom. The van der Waals surface area contributed by atoms with E-state index >= 15 is 0 Å². The van der Waals surface area contributed by atoms with Gasteiger partial charge in [0.15, 0.2) is 11.6 Å². The van der Waals surface area contributed by atoms with Crippen LogP contribution in [0.2, 0.25) is 0 Å². The van der Waals surface area contributed by atoms with Gasteiger partial charge in [-0.05, 0) is 31.0 Å². The second-order valence-corrected chi connectivity index (χ2v) is 8.13. The van der Waals surface area contributed by atoms with Crippen molar-refractivity contribution in [2.75, 3.05) is 25.0 Å². The monoisotopic (exact) mass is 446 g/mol. The van der Waals surface area contributed by atoms with E-state index in [1.165, 1.54) is 0 Å². The highest BCUT2D eigenvalue weighted by atomic mass is 19.2. The number of alkyl halides is 1. The van der Waals surface area contributed by atoms with Gasteiger partial charge in [-0.25, -0.2) is 18.2 Å². The van der Waals surface area contributed by atoms with E-state index in [4.69, 9.17) is 5.73 Å². The number of pyridine rings is 1. The summed E-state index contributed by atoms with van der Waals surface area (Å²) in [6.45, 7) is 2.27. The molecule has 0 spiro atoms. The first kappa shape index (κ1) is 22.1. The van der Waals surface area contributed by atoms with E-state index in [9.17, 15) is 18.0 Å². The summed E-state index contributed by atoms with van der Waals surface area (Å²) in [5.41, 5.74) is 7.31. The lowest BCUT2D eigenvalue weighted by Gasteiger charge is -2.34. The van der Waals surface area contributed by atoms with Crippen LogP contribution in [0.25, 0.3) is 11.0 Å². The molecule has 1 aliphatic heterocycles. The first-order valence-corrected chi connectivity index (χ1v) is 10.4. The van der Waals surface area contributed by atoms with Crippen molar-refractivity contribution >= 4 is 22.9 Å². The van der Waals surface area contributed by atoms with Gasteiger partial charge in [-0.2, -0.15) is 0 Å². The van der Waals surface area contributed by atoms with E-state index in [1.807, 2.05) is 19.1 Å². The lowest BCUT2D eigenvalue weighted by molar-refractivity contribution is -0.132. The van der Waals surface area contributed by atoms with Crippen molar-refractivity contribution in [2.24, 2.45) is 5.73 Å². The largest absolute Gasteiger partial charge is 0.340 e. The number of fused-ring (bicyclic) bond motifs is 1. The van der Waals surface area contributed by atoms with Gasteiger partial charge >= 0.3 is 0 Å². The minimum Gasteiger partial charge on any atom is -0.340 e. The minimum atomic E-state index is -1.13. The van der Waals surface area contributed by atoms with Crippen LogP contribution < -0.4 is 10.6 Å². The van der Waals surface area contributed by atoms with Crippen molar-refractivity contribution in [1.29, 1.82) is 0 Å². The molecule has 10 heteroatoms. The summed E-state index contributed by atoms with van der Waals surface area (Å²) in [5.74, 6) is -1.96. The molecule has 1 saturated heterocycles. The molecule has 1 amide bonds. The number of rotatable bonds is 5. The maximum atomic E-state index is 14.0. The van der Waals surface area contributed by atoms with Crippen molar-refractivity contribution in [1.82, 2.24) is 19.4 Å². The van der Waals surface area contributed by atoms with E-state index in [1.54, 1.807) is 33.8 Å². The standard InChI is InChI=1S/C22H25F3N6O/c1-13(14-3-6-27-7-4-14)29(2)21(32)12-31-20-10-17(25)16(24)9-19(20)28-22(31)30-8-5-15(23)18(26)11-30/h3-4,6-7,9-10,13,15,18H,5,8,11-12,26H2,1-2H3/t13?,15-,18-/m1/s1. The molecular formula is C22H25F3N6O. The third kappa shape index (κ3) is 4.14. The van der Waals surface area contributed by atoms with Crippen molar-refractivity contribution in [3.63, 3.8) is 0 Å². The highest BCUT2D eigenvalue weighted by Crippen LogP contribution is 2.28. The topological polar surface area (TPSA) is 80.3 Å². The molecular weight excluding hydrogens is 421 g/mol. The number of likely N-dealkylation sites (N-methyl/N-ethyl adjacent to an activating group) is 1. The molecule has 2 N–H and O–H groups in total. The number of imidazole rings is 1. The highest BCUT2D eigenvalue weighted by Gasteiger charge is 2.30. The minimum absolute atomic E-state index is 0.145. The van der Waals surface area contributed by atoms with Crippen LogP contribution in [0.4, 0.5) is 19.1 Å². The van der Waals surface area contributed by atoms with E-state index in [-0.39, 0.29) is 42.5 Å². The van der Waals surface area contributed by atoms with Gasteiger partial charge in [-0.15, -0.1) is 0 Å². The molecule has 0 aliphatic carbocycles. The van der Waals surface area contributed by atoms with Gasteiger partial charge in [0.2, 0.25) is 11.9 Å². The molecule has 7 nitrogen and oxygen atoms in total. The Labute approximate surface area is 183 Å². The van der Waals surface area contributed by atoms with Crippen molar-refractivity contribution in [3.05, 3.63) is 53.9 Å². The summed E-state index contributed by atoms with van der Waals surface area (Å²) in [5, 5.41) is 0. The number of nitrogens with two attached hydrogens (primary N) is 1. The van der Waals surface area contributed by atoms with Gasteiger partial charge in [0.1, 0.15) is 12.7 Å². The molecule has 3 atom stereocenters. The molecule has 170 valence electrons. The maximum Gasteiger partial charge on any atom is 0.242 e. The van der Waals surface area contributed by atoms with Crippen LogP contribution in [-0.2, 0) is 11.3 Å². The van der Waals surface area contributed by atoms with Gasteiger partial charge in [0.05, 0.1) is 23.1 Å². The predicted octanol–water partition coefficient (Wildman–Crippen LogP) is 2.80. The Hall–Kier alpha value is -3.14. The Balaban J connectivity index is 1.68. The zero-order valence-electron chi connectivity index (χ0n) is 17.9. The third-order valence-corrected chi connectivity index (χ3v) is 6.08. The molecule has 0 bridgehead atoms. The summed E-state index contributed by atoms with van der Waals surface area (Å²) in [6, 6.07) is 4.74. The number of carbonyl (C=O) groups excluding carboxylic acids is 1. The molecule has 3 aromatic rings. The van der Waals surface area contributed by atoms with Gasteiger partial charge in [0.25, 0.3) is 0 Å². The molecule has 2 aromatic heterocycles. The average molecular weight is 446 g/mol. The third-order valence-electron chi connectivity index (χ3n) is 6.08. The Morgan fingerprint density at radius 3 is 2.66 bits per heavy atom. The van der Waals surface area contributed by atoms with Crippen LogP contribution >= 0.6 is 0 Å². The average Bonchev–Trinajstić information content (AvgIpc) is 3.12. The van der Waals surface area contributed by atoms with Crippen LogP contribution in [0.1, 0.15) is 24.9 Å². The Bertz CT molecular complexity index is 1120. The molecule has 32 heavy (non-hydrogen) atoms. The van der Waals surface area contributed by atoms with Crippen LogP contribution in [0.5, 0.6) is 0 Å². The number of hydrogen-bond acceptors (Lipinski definition) is 5. The highest BCUT2D eigenvalue weighted by molar-refractivity contribution is 5.83. The number of halogens is 3. The smallest absolute Gasteiger partial charge is 0.242 e. The number of piperidine rings is 1. The summed E-state index contributed by atoms with van der Waals surface area (Å²) in [7, 11) is 1.68. The van der Waals surface area contributed by atoms with Crippen molar-refractivity contribution in [3.8, 4) is 0 Å². The van der Waals surface area contributed by atoms with Crippen molar-refractivity contribution in [2.45, 2.75) is 38.1 Å². The number of benzene rings is 1. The van der Waals surface area contributed by atoms with Crippen LogP contribution in [0.15, 0.2) is 36.7 Å². The van der Waals surface area contributed by atoms with E-state index in [2.05, 4.69) is 9.97 Å². The lowest BCUT2D eigenvalue weighted by atomic mass is 10.1. The second-order valence-electron chi connectivity index (χ2n) is 8.13. The summed E-state index contributed by atoms with van der Waals surface area (Å²) >= 11 is 0. The lowest BCUT2D eigenvalue weighted by Crippen LogP contribution is -2.50. The normalized spacial score (nSPS) is 19.9. The summed E-state index contributed by atoms with van der Waals surface area (Å²) in [6.07, 6.45) is 2.38. The molecule has 0 saturated carbocycles. The van der Waals surface area contributed by atoms with Crippen LogP contribution in [0.3, 0.4) is 0 Å². The first-order valence-electron chi connectivity index (χ1n) is 10.4. The first-order chi connectivity index (χ1) is 15.3. The molecule has 4 rings (SSSR count). The zero-order valence-corrected chi connectivity index (χ0v) is 17.9. The van der Waals surface area contributed by atoms with Gasteiger partial charge < -0.3 is 20.1 Å². The molecule has 1 unspecified atom stereocenters. The Kier molecular flexibility index (Phi) is 6.05. The van der Waals surface area contributed by atoms with Gasteiger partial charge in [0, 0.05) is 44.7 Å². The van der Waals surface area contributed by atoms with E-state index < -0.39 is 23.8 Å². The fourth-order valence-electron chi connectivity index (χ4n) is 3.97. The zero-order chi connectivity index (χ0) is 23.0. The number of amides is 1. The van der Waals surface area contributed by atoms with Gasteiger partial charge in [-0.1, -0.05) is 0 Å². The van der Waals surface area contributed by atoms with E-state index in [0.29, 0.717) is 12.5 Å². The number of nitrogens with zero attached hydrogens (tertiary/aromatic N) is 5. The number of aromatic nitrogens is 3. The van der Waals surface area contributed by atoms with E-state index in [0.717, 1.165) is 17.7 Å². The predicted molar refractivity (Wildman–Crippen MR) is 115 cm³/mol.